The normalized spacial score (nSPS) is 21.6. The third-order valence-corrected chi connectivity index (χ3v) is 8.02. The molecule has 0 spiro atoms. The van der Waals surface area contributed by atoms with Gasteiger partial charge in [-0.2, -0.15) is 13.2 Å². The number of oxazole rings is 1. The number of rotatable bonds is 7. The molecule has 7 nitrogen and oxygen atoms in total. The summed E-state index contributed by atoms with van der Waals surface area (Å²) in [4.78, 5) is 18.2. The first-order chi connectivity index (χ1) is 19.3. The Hall–Kier alpha value is -3.69. The molecule has 0 unspecified atom stereocenters. The summed E-state index contributed by atoms with van der Waals surface area (Å²) in [6.45, 7) is 1.72. The van der Waals surface area contributed by atoms with Crippen LogP contribution in [0.5, 0.6) is 0 Å². The highest BCUT2D eigenvalue weighted by atomic mass is 19.4. The summed E-state index contributed by atoms with van der Waals surface area (Å²) < 4.78 is 49.7. The maximum Gasteiger partial charge on any atom is 0.416 e. The van der Waals surface area contributed by atoms with Crippen LogP contribution in [0.2, 0.25) is 0 Å². The van der Waals surface area contributed by atoms with Gasteiger partial charge in [-0.15, -0.1) is 0 Å². The van der Waals surface area contributed by atoms with Gasteiger partial charge >= 0.3 is 12.3 Å². The molecule has 10 heteroatoms. The fourth-order valence-corrected chi connectivity index (χ4v) is 6.01. The fourth-order valence-electron chi connectivity index (χ4n) is 6.01. The molecule has 1 saturated heterocycles. The first kappa shape index (κ1) is 27.9. The van der Waals surface area contributed by atoms with E-state index in [1.54, 1.807) is 30.5 Å². The number of halogens is 3. The van der Waals surface area contributed by atoms with E-state index < -0.39 is 17.8 Å². The van der Waals surface area contributed by atoms with Gasteiger partial charge < -0.3 is 19.4 Å². The van der Waals surface area contributed by atoms with Crippen LogP contribution < -0.4 is 15.5 Å². The second-order valence-electron chi connectivity index (χ2n) is 10.8. The molecule has 5 rings (SSSR count). The lowest BCUT2D eigenvalue weighted by atomic mass is 9.77. The van der Waals surface area contributed by atoms with E-state index in [4.69, 9.17) is 4.42 Å². The molecule has 3 atom stereocenters. The summed E-state index contributed by atoms with van der Waals surface area (Å²) in [5.41, 5.74) is 1.64. The number of benzene rings is 2. The van der Waals surface area contributed by atoms with E-state index in [1.165, 1.54) is 25.7 Å². The standard InChI is InChI=1S/C30H35F3N4O3/c1-39-29(38)35-24-9-4-8-22(17-24)27-18-34-28(40-27)36-26-10-3-2-7-21(26)16-20-6-5-15-37(19-20)25-13-11-23(12-14-25)30(31,32)33/h4,8-9,11-14,17-18,20-21,26H,2-3,5-7,10,15-16,19H2,1H3,(H,34,36)(H,35,38)/t20-,21+,26-/m1/s1. The third kappa shape index (κ3) is 6.89. The number of methoxy groups -OCH3 is 1. The van der Waals surface area contributed by atoms with Gasteiger partial charge in [0.05, 0.1) is 18.9 Å². The minimum atomic E-state index is -4.32. The number of hydrogen-bond donors (Lipinski definition) is 2. The van der Waals surface area contributed by atoms with Gasteiger partial charge in [0, 0.05) is 36.1 Å². The molecular formula is C30H35F3N4O3. The quantitative estimate of drug-likeness (QED) is 0.309. The highest BCUT2D eigenvalue weighted by Gasteiger charge is 2.32. The van der Waals surface area contributed by atoms with Gasteiger partial charge in [-0.3, -0.25) is 5.32 Å². The predicted molar refractivity (Wildman–Crippen MR) is 148 cm³/mol. The van der Waals surface area contributed by atoms with Crippen LogP contribution in [-0.2, 0) is 10.9 Å². The highest BCUT2D eigenvalue weighted by Crippen LogP contribution is 2.37. The minimum absolute atomic E-state index is 0.244. The average molecular weight is 557 g/mol. The molecule has 1 aliphatic carbocycles. The Morgan fingerprint density at radius 2 is 1.90 bits per heavy atom. The molecule has 2 heterocycles. The van der Waals surface area contributed by atoms with Crippen LogP contribution in [0, 0.1) is 11.8 Å². The van der Waals surface area contributed by atoms with Gasteiger partial charge in [0.15, 0.2) is 5.76 Å². The first-order valence-corrected chi connectivity index (χ1v) is 13.9. The van der Waals surface area contributed by atoms with Crippen LogP contribution >= 0.6 is 0 Å². The van der Waals surface area contributed by atoms with Crippen molar-refractivity contribution in [1.29, 1.82) is 0 Å². The van der Waals surface area contributed by atoms with Crippen molar-refractivity contribution < 1.29 is 27.1 Å². The maximum atomic E-state index is 13.0. The van der Waals surface area contributed by atoms with Crippen molar-refractivity contribution in [2.45, 2.75) is 57.2 Å². The smallest absolute Gasteiger partial charge is 0.416 e. The van der Waals surface area contributed by atoms with Gasteiger partial charge in [-0.25, -0.2) is 9.78 Å². The zero-order valence-electron chi connectivity index (χ0n) is 22.5. The zero-order valence-corrected chi connectivity index (χ0v) is 22.5. The fraction of sp³-hybridized carbons (Fsp3) is 0.467. The molecular weight excluding hydrogens is 521 g/mol. The lowest BCUT2D eigenvalue weighted by Gasteiger charge is -2.39. The monoisotopic (exact) mass is 556 g/mol. The van der Waals surface area contributed by atoms with Crippen LogP contribution in [0.25, 0.3) is 11.3 Å². The Balaban J connectivity index is 1.20. The molecule has 3 aromatic rings. The summed E-state index contributed by atoms with van der Waals surface area (Å²) in [6, 6.07) is 13.6. The summed E-state index contributed by atoms with van der Waals surface area (Å²) in [5.74, 6) is 1.55. The van der Waals surface area contributed by atoms with Gasteiger partial charge in [-0.05, 0) is 80.3 Å². The lowest BCUT2D eigenvalue weighted by Crippen LogP contribution is -2.39. The number of carbonyl (C=O) groups excluding carboxylic acids is 1. The van der Waals surface area contributed by atoms with Crippen molar-refractivity contribution in [3.05, 3.63) is 60.3 Å². The molecule has 2 N–H and O–H groups in total. The van der Waals surface area contributed by atoms with Crippen LogP contribution in [0.3, 0.4) is 0 Å². The molecule has 0 bridgehead atoms. The molecule has 1 aromatic heterocycles. The van der Waals surface area contributed by atoms with E-state index >= 15 is 0 Å². The lowest BCUT2D eigenvalue weighted by molar-refractivity contribution is -0.137. The van der Waals surface area contributed by atoms with Crippen molar-refractivity contribution >= 4 is 23.5 Å². The number of aromatic nitrogens is 1. The highest BCUT2D eigenvalue weighted by molar-refractivity contribution is 5.85. The number of nitrogens with zero attached hydrogens (tertiary/aromatic N) is 2. The third-order valence-electron chi connectivity index (χ3n) is 8.02. The number of nitrogens with one attached hydrogen (secondary N) is 2. The maximum absolute atomic E-state index is 13.0. The van der Waals surface area contributed by atoms with Crippen molar-refractivity contribution in [1.82, 2.24) is 4.98 Å². The molecule has 2 aliphatic rings. The second-order valence-corrected chi connectivity index (χ2v) is 10.8. The molecule has 2 fully saturated rings. The Labute approximate surface area is 232 Å². The zero-order chi connectivity index (χ0) is 28.1. The number of piperidine rings is 1. The van der Waals surface area contributed by atoms with Crippen LogP contribution in [-0.4, -0.2) is 37.3 Å². The van der Waals surface area contributed by atoms with Gasteiger partial charge in [0.25, 0.3) is 6.01 Å². The predicted octanol–water partition coefficient (Wildman–Crippen LogP) is 7.82. The number of amides is 1. The molecule has 1 amide bonds. The van der Waals surface area contributed by atoms with Gasteiger partial charge in [0.1, 0.15) is 0 Å². The Morgan fingerprint density at radius 1 is 1.10 bits per heavy atom. The van der Waals surface area contributed by atoms with E-state index in [2.05, 4.69) is 25.3 Å². The number of ether oxygens (including phenoxy) is 1. The number of anilines is 3. The topological polar surface area (TPSA) is 79.6 Å². The molecule has 2 aromatic carbocycles. The van der Waals surface area contributed by atoms with Crippen molar-refractivity contribution in [3.63, 3.8) is 0 Å². The van der Waals surface area contributed by atoms with E-state index in [0.717, 1.165) is 62.9 Å². The van der Waals surface area contributed by atoms with Gasteiger partial charge in [-0.1, -0.05) is 25.0 Å². The van der Waals surface area contributed by atoms with E-state index in [9.17, 15) is 18.0 Å². The Bertz CT molecular complexity index is 1280. The first-order valence-electron chi connectivity index (χ1n) is 13.9. The van der Waals surface area contributed by atoms with Crippen LogP contribution in [0.15, 0.2) is 59.1 Å². The number of carbonyl (C=O) groups is 1. The Morgan fingerprint density at radius 3 is 2.67 bits per heavy atom. The van der Waals surface area contributed by atoms with Gasteiger partial charge in [0.2, 0.25) is 0 Å². The van der Waals surface area contributed by atoms with Crippen molar-refractivity contribution in [3.8, 4) is 11.3 Å². The average Bonchev–Trinajstić information content (AvgIpc) is 3.42. The van der Waals surface area contributed by atoms with E-state index in [1.807, 2.05) is 12.1 Å². The largest absolute Gasteiger partial charge is 0.453 e. The summed E-state index contributed by atoms with van der Waals surface area (Å²) >= 11 is 0. The van der Waals surface area contributed by atoms with Crippen LogP contribution in [0.4, 0.5) is 35.4 Å². The van der Waals surface area contributed by atoms with Crippen LogP contribution in [0.1, 0.15) is 50.5 Å². The Kier molecular flexibility index (Phi) is 8.52. The molecule has 0 radical (unpaired) electrons. The van der Waals surface area contributed by atoms with Crippen molar-refractivity contribution in [2.75, 3.05) is 35.7 Å². The second kappa shape index (κ2) is 12.2. The van der Waals surface area contributed by atoms with E-state index in [-0.39, 0.29) is 6.04 Å². The minimum Gasteiger partial charge on any atom is -0.453 e. The molecule has 1 saturated carbocycles. The molecule has 1 aliphatic heterocycles. The molecule has 40 heavy (non-hydrogen) atoms. The number of hydrogen-bond acceptors (Lipinski definition) is 6. The number of alkyl halides is 3. The summed E-state index contributed by atoms with van der Waals surface area (Å²) in [6.07, 6.45) is 4.54. The SMILES string of the molecule is COC(=O)Nc1cccc(-c2cnc(N[C@@H]3CCCC[C@H]3C[C@H]3CCCN(c4ccc(C(F)(F)F)cc4)C3)o2)c1. The van der Waals surface area contributed by atoms with E-state index in [0.29, 0.717) is 29.3 Å². The van der Waals surface area contributed by atoms with Crippen molar-refractivity contribution in [2.24, 2.45) is 11.8 Å². The molecule has 214 valence electrons. The summed E-state index contributed by atoms with van der Waals surface area (Å²) in [5, 5.41) is 6.20. The summed E-state index contributed by atoms with van der Waals surface area (Å²) in [7, 11) is 1.32.